The maximum atomic E-state index is 14.3. The van der Waals surface area contributed by atoms with Gasteiger partial charge in [-0.05, 0) is 129 Å². The van der Waals surface area contributed by atoms with Gasteiger partial charge in [-0.1, -0.05) is 66.2 Å². The SMILES string of the molecule is CC(C)(C)[S+]([O-])N[C@@H](c1ccccc1-c1ccc(Cl)cc1)C1CCN(c2ccc(C(=O)NS(=O)(=O)c3ccc(N[C@H](CCN4CCN(CCO)CC4)CSc4ccccc4)c(S(=O)(=O)C(F)(F)F)c3)cc2)CC1. The number of nitrogens with zero attached hydrogens (tertiary/aromatic N) is 3. The number of benzene rings is 5. The van der Waals surface area contributed by atoms with E-state index in [-0.39, 0.29) is 24.1 Å². The Kier molecular flexibility index (Phi) is 19.0. The maximum Gasteiger partial charge on any atom is 0.501 e. The number of anilines is 2. The second-order valence-electron chi connectivity index (χ2n) is 19.1. The summed E-state index contributed by atoms with van der Waals surface area (Å²) in [4.78, 5) is 18.7. The molecule has 1 amide bonds. The summed E-state index contributed by atoms with van der Waals surface area (Å²) >= 11 is 6.27. The van der Waals surface area contributed by atoms with E-state index < -0.39 is 68.9 Å². The molecule has 0 spiro atoms. The van der Waals surface area contributed by atoms with E-state index in [1.165, 1.54) is 23.9 Å². The number of alkyl halides is 3. The second kappa shape index (κ2) is 24.5. The van der Waals surface area contributed by atoms with Crippen LogP contribution < -0.4 is 19.7 Å². The zero-order chi connectivity index (χ0) is 52.6. The van der Waals surface area contributed by atoms with Crippen molar-refractivity contribution in [3.8, 4) is 11.1 Å². The number of hydrogen-bond donors (Lipinski definition) is 4. The fourth-order valence-corrected chi connectivity index (χ4v) is 12.9. The predicted octanol–water partition coefficient (Wildman–Crippen LogP) is 9.00. The molecule has 1 unspecified atom stereocenters. The number of rotatable bonds is 20. The molecule has 73 heavy (non-hydrogen) atoms. The minimum Gasteiger partial charge on any atom is -0.598 e. The number of carbonyl (C=O) groups excluding carboxylic acids is 1. The zero-order valence-electron chi connectivity index (χ0n) is 40.9. The zero-order valence-corrected chi connectivity index (χ0v) is 44.9. The van der Waals surface area contributed by atoms with Crippen LogP contribution in [0.25, 0.3) is 11.1 Å². The molecule has 2 saturated heterocycles. The van der Waals surface area contributed by atoms with Crippen LogP contribution in [0.4, 0.5) is 24.5 Å². The third-order valence-corrected chi connectivity index (χ3v) is 18.9. The van der Waals surface area contributed by atoms with Crippen LogP contribution in [0.1, 0.15) is 62.0 Å². The summed E-state index contributed by atoms with van der Waals surface area (Å²) in [6, 6.07) is 32.8. The largest absolute Gasteiger partial charge is 0.598 e. The van der Waals surface area contributed by atoms with Crippen molar-refractivity contribution in [2.45, 2.75) is 77.1 Å². The molecule has 0 radical (unpaired) electrons. The Morgan fingerprint density at radius 2 is 1.44 bits per heavy atom. The lowest BCUT2D eigenvalue weighted by molar-refractivity contribution is -0.0435. The molecule has 0 saturated carbocycles. The molecule has 3 atom stereocenters. The first-order valence-corrected chi connectivity index (χ1v) is 29.5. The molecular weight excluding hydrogens is 1040 g/mol. The molecule has 0 aliphatic carbocycles. The highest BCUT2D eigenvalue weighted by Gasteiger charge is 2.48. The van der Waals surface area contributed by atoms with Gasteiger partial charge in [-0.3, -0.25) is 9.69 Å². The highest BCUT2D eigenvalue weighted by Crippen LogP contribution is 2.40. The smallest absolute Gasteiger partial charge is 0.501 e. The molecule has 2 fully saturated rings. The quantitative estimate of drug-likeness (QED) is 0.0430. The molecule has 394 valence electrons. The summed E-state index contributed by atoms with van der Waals surface area (Å²) < 4.78 is 115. The summed E-state index contributed by atoms with van der Waals surface area (Å²) in [5.41, 5.74) is -2.47. The summed E-state index contributed by atoms with van der Waals surface area (Å²) in [5, 5.41) is 13.0. The summed E-state index contributed by atoms with van der Waals surface area (Å²) in [5.74, 6) is -0.631. The molecular formula is C52H62ClF3N6O7S4. The van der Waals surface area contributed by atoms with Gasteiger partial charge in [-0.2, -0.15) is 13.2 Å². The number of piperazine rings is 1. The number of aliphatic hydroxyl groups is 1. The standard InChI is InChI=1S/C52H62ClF3N6O7S4/c1-51(2,3)71(65)58-49(46-12-8-7-11-45(46)37-13-17-40(53)18-14-37)38-23-27-62(28-24-38)42-19-15-39(16-20-42)50(64)59-73(68,69)44-21-22-47(48(35-44)72(66,67)52(54,55)56)57-41(36-70-43-9-5-4-6-10-43)25-26-60-29-31-61(32-30-60)33-34-63/h4-22,35,38,41,49,57-58,63H,23-34,36H2,1-3H3,(H,59,64)/t41-,49-,71?/m1/s1. The van der Waals surface area contributed by atoms with E-state index >= 15 is 0 Å². The third-order valence-electron chi connectivity index (χ3n) is 13.1. The van der Waals surface area contributed by atoms with E-state index in [4.69, 9.17) is 11.6 Å². The average Bonchev–Trinajstić information content (AvgIpc) is 3.37. The van der Waals surface area contributed by atoms with E-state index in [2.05, 4.69) is 30.8 Å². The lowest BCUT2D eigenvalue weighted by Gasteiger charge is -2.39. The van der Waals surface area contributed by atoms with Crippen molar-refractivity contribution in [2.24, 2.45) is 5.92 Å². The van der Waals surface area contributed by atoms with Gasteiger partial charge in [-0.25, -0.2) is 21.6 Å². The normalized spacial score (nSPS) is 17.0. The number of aliphatic hydroxyl groups excluding tert-OH is 1. The van der Waals surface area contributed by atoms with Crippen LogP contribution in [0.5, 0.6) is 0 Å². The van der Waals surface area contributed by atoms with Crippen LogP contribution in [0.2, 0.25) is 5.02 Å². The number of sulfonamides is 1. The first-order chi connectivity index (χ1) is 34.6. The van der Waals surface area contributed by atoms with Gasteiger partial charge in [0, 0.05) is 96.7 Å². The molecule has 5 aromatic rings. The van der Waals surface area contributed by atoms with Crippen molar-refractivity contribution < 1.29 is 44.5 Å². The van der Waals surface area contributed by atoms with Gasteiger partial charge in [0.25, 0.3) is 25.8 Å². The lowest BCUT2D eigenvalue weighted by atomic mass is 9.83. The van der Waals surface area contributed by atoms with Crippen LogP contribution >= 0.6 is 23.4 Å². The molecule has 0 aromatic heterocycles. The molecule has 0 bridgehead atoms. The van der Waals surface area contributed by atoms with Gasteiger partial charge >= 0.3 is 5.51 Å². The number of halogens is 4. The van der Waals surface area contributed by atoms with E-state index in [0.29, 0.717) is 62.5 Å². The number of piperidine rings is 1. The minimum absolute atomic E-state index is 0.0444. The highest BCUT2D eigenvalue weighted by atomic mass is 35.5. The van der Waals surface area contributed by atoms with Crippen LogP contribution in [0.15, 0.2) is 136 Å². The summed E-state index contributed by atoms with van der Waals surface area (Å²) in [6.45, 7) is 11.0. The van der Waals surface area contributed by atoms with E-state index in [1.54, 1.807) is 12.1 Å². The monoisotopic (exact) mass is 1100 g/mol. The molecule has 2 heterocycles. The molecule has 7 rings (SSSR count). The van der Waals surface area contributed by atoms with Crippen molar-refractivity contribution in [2.75, 3.05) is 74.9 Å². The van der Waals surface area contributed by atoms with Gasteiger partial charge in [0.2, 0.25) is 0 Å². The third kappa shape index (κ3) is 14.7. The Balaban J connectivity index is 1.04. The Morgan fingerprint density at radius 1 is 0.822 bits per heavy atom. The maximum absolute atomic E-state index is 14.3. The second-order valence-corrected chi connectivity index (χ2v) is 26.3. The van der Waals surface area contributed by atoms with Gasteiger partial charge in [-0.15, -0.1) is 16.5 Å². The van der Waals surface area contributed by atoms with Crippen molar-refractivity contribution in [3.05, 3.63) is 137 Å². The highest BCUT2D eigenvalue weighted by molar-refractivity contribution is 7.99. The Bertz CT molecular complexity index is 2850. The lowest BCUT2D eigenvalue weighted by Crippen LogP contribution is -2.48. The summed E-state index contributed by atoms with van der Waals surface area (Å²) in [6.07, 6.45) is 1.87. The molecule has 13 nitrogen and oxygen atoms in total. The van der Waals surface area contributed by atoms with Crippen molar-refractivity contribution in [1.29, 1.82) is 0 Å². The Morgan fingerprint density at radius 3 is 2.05 bits per heavy atom. The fourth-order valence-electron chi connectivity index (χ4n) is 8.90. The van der Waals surface area contributed by atoms with Gasteiger partial charge in [0.1, 0.15) is 9.64 Å². The molecule has 4 N–H and O–H groups in total. The number of hydrogen-bond acceptors (Lipinski definition) is 13. The van der Waals surface area contributed by atoms with E-state index in [0.717, 1.165) is 65.3 Å². The van der Waals surface area contributed by atoms with Gasteiger partial charge in [0.05, 0.1) is 23.2 Å². The number of amides is 1. The van der Waals surface area contributed by atoms with Crippen LogP contribution in [0, 0.1) is 5.92 Å². The first-order valence-electron chi connectivity index (χ1n) is 24.0. The predicted molar refractivity (Wildman–Crippen MR) is 286 cm³/mol. The van der Waals surface area contributed by atoms with Crippen LogP contribution in [-0.4, -0.2) is 123 Å². The van der Waals surface area contributed by atoms with Gasteiger partial charge in [0.15, 0.2) is 0 Å². The van der Waals surface area contributed by atoms with Crippen molar-refractivity contribution >= 4 is 71.9 Å². The molecule has 2 aliphatic rings. The molecule has 21 heteroatoms. The molecule has 5 aromatic carbocycles. The van der Waals surface area contributed by atoms with Crippen molar-refractivity contribution in [3.63, 3.8) is 0 Å². The number of carbonyl (C=O) groups is 1. The Hall–Kier alpha value is -4.35. The topological polar surface area (TPSA) is 174 Å². The van der Waals surface area contributed by atoms with Crippen molar-refractivity contribution in [1.82, 2.24) is 19.2 Å². The summed E-state index contributed by atoms with van der Waals surface area (Å²) in [7, 11) is -11.0. The number of thioether (sulfide) groups is 1. The number of nitrogens with one attached hydrogen (secondary N) is 3. The Labute approximate surface area is 439 Å². The van der Waals surface area contributed by atoms with Crippen LogP contribution in [0.3, 0.4) is 0 Å². The number of β-amino-alcohol motifs (C(OH)–C–C–N with tert-alkyl or cyclic N) is 1. The van der Waals surface area contributed by atoms with E-state index in [9.17, 15) is 44.5 Å². The van der Waals surface area contributed by atoms with E-state index in [1.807, 2.05) is 98.3 Å². The van der Waals surface area contributed by atoms with Gasteiger partial charge < -0.3 is 24.8 Å². The fraction of sp³-hybridized carbons (Fsp3) is 0.404. The minimum atomic E-state index is -6.10. The number of sulfone groups is 1. The first kappa shape index (κ1) is 56.4. The molecule has 2 aliphatic heterocycles. The average molecular weight is 1100 g/mol. The van der Waals surface area contributed by atoms with Crippen LogP contribution in [-0.2, 0) is 31.2 Å².